The minimum Gasteiger partial charge on any atom is -1.00 e. The van der Waals surface area contributed by atoms with Gasteiger partial charge < -0.3 is 11.6 Å². The van der Waals surface area contributed by atoms with Crippen molar-refractivity contribution in [3.05, 3.63) is 0 Å². The summed E-state index contributed by atoms with van der Waals surface area (Å²) in [5.41, 5.74) is 0. The molecule has 0 aliphatic rings. The van der Waals surface area contributed by atoms with Crippen LogP contribution in [0.4, 0.5) is 0 Å². The summed E-state index contributed by atoms with van der Waals surface area (Å²) in [6.07, 6.45) is 3.28. The number of carboxylic acid groups (broad SMARTS) is 2. The maximum atomic E-state index is 10.0. The van der Waals surface area contributed by atoms with Crippen molar-refractivity contribution in [1.82, 2.24) is 0 Å². The molecule has 4 nitrogen and oxygen atoms in total. The van der Waals surface area contributed by atoms with Crippen LogP contribution >= 0.6 is 0 Å². The fourth-order valence-electron chi connectivity index (χ4n) is 0.906. The predicted molar refractivity (Wildman–Crippen MR) is 44.1 cm³/mol. The van der Waals surface area contributed by atoms with E-state index in [1.807, 2.05) is 0 Å². The molecule has 0 bridgehead atoms. The molecule has 0 fully saturated rings. The molecule has 0 atom stereocenters. The zero-order valence-corrected chi connectivity index (χ0v) is 12.9. The zero-order chi connectivity index (χ0) is 9.40. The van der Waals surface area contributed by atoms with Crippen molar-refractivity contribution in [3.63, 3.8) is 0 Å². The van der Waals surface area contributed by atoms with E-state index in [0.29, 0.717) is 12.8 Å². The van der Waals surface area contributed by atoms with Gasteiger partial charge in [0.05, 0.1) is 0 Å². The molecule has 0 aromatic rings. The molecule has 0 amide bonds. The number of unbranched alkanes of at least 4 members (excludes halogenated alkanes) is 3. The van der Waals surface area contributed by atoms with E-state index < -0.39 is 11.9 Å². The minimum atomic E-state index is -0.784. The topological polar surface area (TPSA) is 74.6 Å². The maximum Gasteiger partial charge on any atom is 1.00 e. The predicted octanol–water partition coefficient (Wildman–Crippen LogP) is -1.39. The van der Waals surface area contributed by atoms with E-state index in [9.17, 15) is 9.59 Å². The van der Waals surface area contributed by atoms with Crippen LogP contribution in [0.25, 0.3) is 0 Å². The van der Waals surface area contributed by atoms with Crippen LogP contribution in [0.5, 0.6) is 0 Å². The molecule has 0 unspecified atom stereocenters. The van der Waals surface area contributed by atoms with Crippen LogP contribution in [-0.4, -0.2) is 22.2 Å². The Morgan fingerprint density at radius 1 is 0.846 bits per heavy atom. The summed E-state index contributed by atoms with van der Waals surface area (Å²) in [5, 5.41) is 16.5. The van der Waals surface area contributed by atoms with Crippen molar-refractivity contribution >= 4 is 11.9 Å². The van der Waals surface area contributed by atoms with Gasteiger partial charge in [-0.3, -0.25) is 9.59 Å². The second kappa shape index (κ2) is 10.8. The van der Waals surface area contributed by atoms with Crippen LogP contribution in [0.15, 0.2) is 0 Å². The van der Waals surface area contributed by atoms with E-state index >= 15 is 0 Å². The van der Waals surface area contributed by atoms with Crippen LogP contribution in [0.3, 0.4) is 0 Å². The minimum absolute atomic E-state index is 0. The molecule has 0 heterocycles. The van der Waals surface area contributed by atoms with Gasteiger partial charge in [0.25, 0.3) is 0 Å². The molecule has 0 radical (unpaired) electrons. The molecule has 0 spiro atoms. The van der Waals surface area contributed by atoms with Gasteiger partial charge in [0, 0.05) is 12.8 Å². The van der Waals surface area contributed by atoms with Gasteiger partial charge >= 0.3 is 70.1 Å². The third-order valence-electron chi connectivity index (χ3n) is 1.53. The molecule has 0 aliphatic carbocycles. The molecule has 5 heteroatoms. The van der Waals surface area contributed by atoms with Crippen molar-refractivity contribution in [2.24, 2.45) is 0 Å². The largest absolute Gasteiger partial charge is 1.00 e. The molecule has 13 heavy (non-hydrogen) atoms. The van der Waals surface area contributed by atoms with Gasteiger partial charge in [-0.2, -0.15) is 0 Å². The number of aliphatic carboxylic acids is 2. The summed E-state index contributed by atoms with van der Waals surface area (Å²) >= 11 is 0. The Hall–Kier alpha value is 0.745. The van der Waals surface area contributed by atoms with E-state index in [0.717, 1.165) is 12.8 Å². The monoisotopic (exact) mass is 260 g/mol. The molecule has 0 saturated carbocycles. The number of carbonyl (C=O) groups is 2. The standard InChI is InChI=1S/C8H14O4.Rb.H/c9-7(10)5-3-1-2-4-6-8(11)12;;/h1-6H2,(H,9,10)(H,11,12);;/q;+1;-1. The summed E-state index contributed by atoms with van der Waals surface area (Å²) in [5.74, 6) is -1.57. The molecule has 0 aromatic carbocycles. The second-order valence-electron chi connectivity index (χ2n) is 2.70. The van der Waals surface area contributed by atoms with Crippen LogP contribution < -0.4 is 58.2 Å². The summed E-state index contributed by atoms with van der Waals surface area (Å²) in [4.78, 5) is 20.1. The van der Waals surface area contributed by atoms with Crippen molar-refractivity contribution in [1.29, 1.82) is 0 Å². The van der Waals surface area contributed by atoms with Gasteiger partial charge in [-0.25, -0.2) is 0 Å². The van der Waals surface area contributed by atoms with E-state index in [1.54, 1.807) is 0 Å². The Bertz CT molecular complexity index is 145. The maximum absolute atomic E-state index is 10.0. The van der Waals surface area contributed by atoms with Gasteiger partial charge in [-0.1, -0.05) is 12.8 Å². The van der Waals surface area contributed by atoms with Crippen molar-refractivity contribution in [2.45, 2.75) is 38.5 Å². The molecule has 0 aromatic heterocycles. The normalized spacial score (nSPS) is 8.92. The molecule has 0 aliphatic heterocycles. The first-order valence-corrected chi connectivity index (χ1v) is 4.06. The summed E-state index contributed by atoms with van der Waals surface area (Å²) in [6.45, 7) is 0. The molecular formula is C8H15O4Rb. The second-order valence-corrected chi connectivity index (χ2v) is 2.70. The Labute approximate surface area is 128 Å². The Kier molecular flexibility index (Phi) is 13.5. The zero-order valence-electron chi connectivity index (χ0n) is 8.95. The van der Waals surface area contributed by atoms with Gasteiger partial charge in [0.2, 0.25) is 0 Å². The third kappa shape index (κ3) is 15.5. The first-order chi connectivity index (χ1) is 5.63. The molecular weight excluding hydrogens is 246 g/mol. The van der Waals surface area contributed by atoms with Crippen molar-refractivity contribution < 1.29 is 79.4 Å². The molecule has 2 N–H and O–H groups in total. The van der Waals surface area contributed by atoms with Gasteiger partial charge in [0.15, 0.2) is 0 Å². The van der Waals surface area contributed by atoms with Crippen molar-refractivity contribution in [2.75, 3.05) is 0 Å². The van der Waals surface area contributed by atoms with Crippen LogP contribution in [-0.2, 0) is 9.59 Å². The SMILES string of the molecule is O=C(O)CCCCCCC(=O)O.[H-].[Rb+]. The average molecular weight is 261 g/mol. The first kappa shape index (κ1) is 16.2. The van der Waals surface area contributed by atoms with Crippen molar-refractivity contribution in [3.8, 4) is 0 Å². The smallest absolute Gasteiger partial charge is 1.00 e. The number of carboxylic acids is 2. The summed E-state index contributed by atoms with van der Waals surface area (Å²) in [7, 11) is 0. The average Bonchev–Trinajstić information content (AvgIpc) is 1.95. The van der Waals surface area contributed by atoms with Crippen LogP contribution in [0, 0.1) is 0 Å². The molecule has 0 saturated heterocycles. The van der Waals surface area contributed by atoms with E-state index in [-0.39, 0.29) is 72.5 Å². The van der Waals surface area contributed by atoms with E-state index in [4.69, 9.17) is 10.2 Å². The van der Waals surface area contributed by atoms with E-state index in [1.165, 1.54) is 0 Å². The first-order valence-electron chi connectivity index (χ1n) is 4.06. The fourth-order valence-corrected chi connectivity index (χ4v) is 0.906. The van der Waals surface area contributed by atoms with Crippen LogP contribution in [0.2, 0.25) is 0 Å². The Morgan fingerprint density at radius 3 is 1.38 bits per heavy atom. The summed E-state index contributed by atoms with van der Waals surface area (Å²) < 4.78 is 0. The third-order valence-corrected chi connectivity index (χ3v) is 1.53. The Balaban J connectivity index is -0.000000605. The van der Waals surface area contributed by atoms with E-state index in [2.05, 4.69) is 0 Å². The number of hydrogen-bond acceptors (Lipinski definition) is 2. The number of rotatable bonds is 7. The van der Waals surface area contributed by atoms with Crippen LogP contribution in [0.1, 0.15) is 40.0 Å². The Morgan fingerprint density at radius 2 is 1.15 bits per heavy atom. The summed E-state index contributed by atoms with van der Waals surface area (Å²) in [6, 6.07) is 0. The van der Waals surface area contributed by atoms with Gasteiger partial charge in [-0.05, 0) is 12.8 Å². The van der Waals surface area contributed by atoms with Gasteiger partial charge in [0.1, 0.15) is 0 Å². The quantitative estimate of drug-likeness (QED) is 0.553. The molecule has 72 valence electrons. The fraction of sp³-hybridized carbons (Fsp3) is 0.750. The van der Waals surface area contributed by atoms with Gasteiger partial charge in [-0.15, -0.1) is 0 Å². The number of hydrogen-bond donors (Lipinski definition) is 2. The molecule has 0 rings (SSSR count).